The van der Waals surface area contributed by atoms with Crippen molar-refractivity contribution < 1.29 is 13.9 Å². The summed E-state index contributed by atoms with van der Waals surface area (Å²) in [6, 6.07) is 10.7. The zero-order valence-electron chi connectivity index (χ0n) is 14.6. The molecule has 0 atom stereocenters. The zero-order valence-corrected chi connectivity index (χ0v) is 15.4. The molecule has 8 heteroatoms. The number of nitrogens with zero attached hydrogens (tertiary/aromatic N) is 3. The predicted octanol–water partition coefficient (Wildman–Crippen LogP) is 1.56. The molecular formula is C19H17N3O4S. The smallest absolute Gasteiger partial charge is 0.338 e. The number of benzene rings is 1. The van der Waals surface area contributed by atoms with Gasteiger partial charge in [-0.3, -0.25) is 9.36 Å². The molecule has 0 N–H and O–H groups in total. The summed E-state index contributed by atoms with van der Waals surface area (Å²) in [5, 5.41) is 0. The molecule has 27 heavy (non-hydrogen) atoms. The summed E-state index contributed by atoms with van der Waals surface area (Å²) in [6.07, 6.45) is 3.30. The first-order valence-corrected chi connectivity index (χ1v) is 9.29. The van der Waals surface area contributed by atoms with Gasteiger partial charge in [0.25, 0.3) is 5.56 Å². The van der Waals surface area contributed by atoms with E-state index in [2.05, 4.69) is 4.99 Å². The number of furan rings is 1. The number of ether oxygens (including phenoxy) is 1. The lowest BCUT2D eigenvalue weighted by Crippen LogP contribution is -2.42. The predicted molar refractivity (Wildman–Crippen MR) is 101 cm³/mol. The van der Waals surface area contributed by atoms with Gasteiger partial charge >= 0.3 is 5.97 Å². The molecule has 0 bridgehead atoms. The minimum atomic E-state index is -0.346. The van der Waals surface area contributed by atoms with Crippen LogP contribution in [0.2, 0.25) is 0 Å². The third-order valence-electron chi connectivity index (χ3n) is 4.14. The molecule has 4 rings (SSSR count). The van der Waals surface area contributed by atoms with E-state index in [1.807, 2.05) is 17.0 Å². The van der Waals surface area contributed by atoms with Crippen molar-refractivity contribution in [1.82, 2.24) is 4.57 Å². The lowest BCUT2D eigenvalue weighted by Gasteiger charge is -2.25. The largest absolute Gasteiger partial charge is 0.465 e. The second-order valence-electron chi connectivity index (χ2n) is 5.89. The molecule has 0 spiro atoms. The maximum atomic E-state index is 12.7. The summed E-state index contributed by atoms with van der Waals surface area (Å²) in [5.41, 5.74) is 1.29. The summed E-state index contributed by atoms with van der Waals surface area (Å²) in [7, 11) is 0. The summed E-state index contributed by atoms with van der Waals surface area (Å²) >= 11 is 1.35. The average Bonchev–Trinajstić information content (AvgIpc) is 3.31. The average molecular weight is 383 g/mol. The molecule has 0 fully saturated rings. The summed E-state index contributed by atoms with van der Waals surface area (Å²) in [6.45, 7) is 2.96. The van der Waals surface area contributed by atoms with E-state index in [1.165, 1.54) is 11.3 Å². The first-order chi connectivity index (χ1) is 13.2. The number of carbonyl (C=O) groups is 1. The van der Waals surface area contributed by atoms with Crippen molar-refractivity contribution >= 4 is 29.1 Å². The van der Waals surface area contributed by atoms with E-state index in [0.717, 1.165) is 5.69 Å². The summed E-state index contributed by atoms with van der Waals surface area (Å²) in [4.78, 5) is 31.6. The third kappa shape index (κ3) is 3.43. The topological polar surface area (TPSA) is 77.0 Å². The fourth-order valence-corrected chi connectivity index (χ4v) is 3.74. The molecule has 1 aromatic carbocycles. The van der Waals surface area contributed by atoms with Crippen LogP contribution >= 0.6 is 11.3 Å². The van der Waals surface area contributed by atoms with E-state index in [0.29, 0.717) is 40.6 Å². The van der Waals surface area contributed by atoms with Crippen LogP contribution in [0.1, 0.15) is 23.0 Å². The molecule has 0 saturated heterocycles. The summed E-state index contributed by atoms with van der Waals surface area (Å²) < 4.78 is 12.5. The Bertz CT molecular complexity index is 1130. The highest BCUT2D eigenvalue weighted by molar-refractivity contribution is 7.07. The number of aromatic nitrogens is 1. The van der Waals surface area contributed by atoms with E-state index in [1.54, 1.807) is 48.1 Å². The Labute approximate surface area is 158 Å². The molecule has 1 aliphatic rings. The number of hydrogen-bond donors (Lipinski definition) is 0. The Kier molecular flexibility index (Phi) is 4.64. The molecule has 0 radical (unpaired) electrons. The van der Waals surface area contributed by atoms with Crippen LogP contribution in [-0.2, 0) is 11.4 Å². The number of carbonyl (C=O) groups excluding carboxylic acids is 1. The van der Waals surface area contributed by atoms with Gasteiger partial charge in [-0.25, -0.2) is 9.79 Å². The molecule has 0 amide bonds. The van der Waals surface area contributed by atoms with Crippen LogP contribution in [-0.4, -0.2) is 23.8 Å². The van der Waals surface area contributed by atoms with E-state index >= 15 is 0 Å². The van der Waals surface area contributed by atoms with Crippen molar-refractivity contribution in [2.45, 2.75) is 13.6 Å². The minimum absolute atomic E-state index is 0.0945. The van der Waals surface area contributed by atoms with Gasteiger partial charge in [0.05, 0.1) is 23.0 Å². The lowest BCUT2D eigenvalue weighted by molar-refractivity contribution is 0.0526. The number of hydrogen-bond acceptors (Lipinski definition) is 7. The Balaban J connectivity index is 1.59. The van der Waals surface area contributed by atoms with Crippen molar-refractivity contribution in [1.29, 1.82) is 0 Å². The van der Waals surface area contributed by atoms with Gasteiger partial charge in [0, 0.05) is 11.8 Å². The van der Waals surface area contributed by atoms with E-state index in [-0.39, 0.29) is 11.5 Å². The van der Waals surface area contributed by atoms with E-state index in [4.69, 9.17) is 9.15 Å². The number of anilines is 1. The minimum Gasteiger partial charge on any atom is -0.465 e. The van der Waals surface area contributed by atoms with Crippen LogP contribution in [0.4, 0.5) is 5.69 Å². The fraction of sp³-hybridized carbons (Fsp3) is 0.211. The van der Waals surface area contributed by atoms with Crippen LogP contribution in [0.5, 0.6) is 0 Å². The SMILES string of the molecule is CCOC(=O)c1ccc(N2CN=c3sc(=Cc4ccco4)c(=O)n3C2)cc1. The van der Waals surface area contributed by atoms with Gasteiger partial charge in [-0.2, -0.15) is 0 Å². The number of esters is 1. The molecule has 1 aliphatic heterocycles. The Hall–Kier alpha value is -3.13. The second kappa shape index (κ2) is 7.24. The van der Waals surface area contributed by atoms with Gasteiger partial charge in [-0.05, 0) is 43.3 Å². The highest BCUT2D eigenvalue weighted by Gasteiger charge is 2.16. The van der Waals surface area contributed by atoms with Gasteiger partial charge < -0.3 is 14.1 Å². The van der Waals surface area contributed by atoms with Crippen molar-refractivity contribution in [3.8, 4) is 0 Å². The van der Waals surface area contributed by atoms with Gasteiger partial charge in [0.15, 0.2) is 4.80 Å². The van der Waals surface area contributed by atoms with E-state index in [9.17, 15) is 9.59 Å². The van der Waals surface area contributed by atoms with Crippen molar-refractivity contribution in [2.75, 3.05) is 18.2 Å². The first-order valence-electron chi connectivity index (χ1n) is 8.47. The Morgan fingerprint density at radius 3 is 2.85 bits per heavy atom. The monoisotopic (exact) mass is 383 g/mol. The van der Waals surface area contributed by atoms with Crippen LogP contribution < -0.4 is 19.8 Å². The number of rotatable bonds is 4. The fourth-order valence-electron chi connectivity index (χ4n) is 2.80. The standard InChI is InChI=1S/C19H17N3O4S/c1-2-25-18(24)13-5-7-14(8-6-13)21-11-20-19-22(12-21)17(23)16(27-19)10-15-4-3-9-26-15/h3-10H,2,11-12H2,1H3. The quantitative estimate of drug-likeness (QED) is 0.639. The third-order valence-corrected chi connectivity index (χ3v) is 5.18. The van der Waals surface area contributed by atoms with Crippen LogP contribution in [0.3, 0.4) is 0 Å². The Morgan fingerprint density at radius 1 is 1.33 bits per heavy atom. The molecule has 3 aromatic rings. The van der Waals surface area contributed by atoms with Gasteiger partial charge in [0.2, 0.25) is 0 Å². The summed E-state index contributed by atoms with van der Waals surface area (Å²) in [5.74, 6) is 0.291. The lowest BCUT2D eigenvalue weighted by atomic mass is 10.2. The number of fused-ring (bicyclic) bond motifs is 1. The maximum Gasteiger partial charge on any atom is 0.338 e. The Morgan fingerprint density at radius 2 is 2.15 bits per heavy atom. The molecule has 7 nitrogen and oxygen atoms in total. The normalized spacial score (nSPS) is 14.0. The van der Waals surface area contributed by atoms with Gasteiger partial charge in [-0.15, -0.1) is 0 Å². The van der Waals surface area contributed by atoms with Crippen LogP contribution in [0.25, 0.3) is 6.08 Å². The first kappa shape index (κ1) is 17.3. The van der Waals surface area contributed by atoms with Crippen molar-refractivity contribution in [3.05, 3.63) is 73.7 Å². The van der Waals surface area contributed by atoms with Gasteiger partial charge in [-0.1, -0.05) is 11.3 Å². The van der Waals surface area contributed by atoms with Crippen LogP contribution in [0.15, 0.2) is 56.9 Å². The molecule has 2 aromatic heterocycles. The molecule has 0 aliphatic carbocycles. The zero-order chi connectivity index (χ0) is 18.8. The van der Waals surface area contributed by atoms with Gasteiger partial charge in [0.1, 0.15) is 19.1 Å². The maximum absolute atomic E-state index is 12.7. The highest BCUT2D eigenvalue weighted by atomic mass is 32.1. The highest BCUT2D eigenvalue weighted by Crippen LogP contribution is 2.17. The second-order valence-corrected chi connectivity index (χ2v) is 6.90. The van der Waals surface area contributed by atoms with Crippen LogP contribution in [0, 0.1) is 0 Å². The van der Waals surface area contributed by atoms with Crippen molar-refractivity contribution in [3.63, 3.8) is 0 Å². The molecular weight excluding hydrogens is 366 g/mol. The molecule has 0 saturated carbocycles. The molecule has 0 unspecified atom stereocenters. The van der Waals surface area contributed by atoms with E-state index < -0.39 is 0 Å². The molecule has 138 valence electrons. The number of thiazole rings is 1. The molecule has 3 heterocycles. The van der Waals surface area contributed by atoms with Crippen molar-refractivity contribution in [2.24, 2.45) is 4.99 Å².